The molecule has 1 saturated carbocycles. The van der Waals surface area contributed by atoms with E-state index in [4.69, 9.17) is 0 Å². The summed E-state index contributed by atoms with van der Waals surface area (Å²) < 4.78 is 0. The highest BCUT2D eigenvalue weighted by molar-refractivity contribution is 5.94. The summed E-state index contributed by atoms with van der Waals surface area (Å²) in [5, 5.41) is 9.46. The Morgan fingerprint density at radius 3 is 2.87 bits per heavy atom. The van der Waals surface area contributed by atoms with Crippen LogP contribution in [0.3, 0.4) is 0 Å². The molecule has 0 saturated heterocycles. The number of nitrogens with zero attached hydrogens (tertiary/aromatic N) is 1. The van der Waals surface area contributed by atoms with Gasteiger partial charge in [0.05, 0.1) is 6.20 Å². The lowest BCUT2D eigenvalue weighted by molar-refractivity contribution is -0.125. The molecule has 0 bridgehead atoms. The third kappa shape index (κ3) is 1.89. The van der Waals surface area contributed by atoms with Gasteiger partial charge < -0.3 is 5.32 Å². The molecule has 2 N–H and O–H groups in total. The van der Waals surface area contributed by atoms with Gasteiger partial charge in [0.1, 0.15) is 5.82 Å². The fourth-order valence-electron chi connectivity index (χ4n) is 2.37. The molecule has 4 heteroatoms. The summed E-state index contributed by atoms with van der Waals surface area (Å²) in [6, 6.07) is 1.77. The second-order valence-electron chi connectivity index (χ2n) is 4.27. The van der Waals surface area contributed by atoms with Gasteiger partial charge in [0.25, 0.3) is 0 Å². The van der Waals surface area contributed by atoms with Crippen molar-refractivity contribution < 1.29 is 4.79 Å². The molecule has 0 radical (unpaired) electrons. The lowest BCUT2D eigenvalue weighted by Crippen LogP contribution is -2.33. The standard InChI is InChI=1S/C11H17N3O/c1-2-11(6-3-4-7-11)10(15)13-9-5-8-12-14-9/h5,8H,2-4,6-7H2,1H3,(H2,12,13,14,15). The summed E-state index contributed by atoms with van der Waals surface area (Å²) in [5.74, 6) is 0.839. The molecular formula is C11H17N3O. The van der Waals surface area contributed by atoms with Crippen LogP contribution < -0.4 is 5.32 Å². The van der Waals surface area contributed by atoms with Crippen molar-refractivity contribution >= 4 is 11.7 Å². The van der Waals surface area contributed by atoms with Gasteiger partial charge in [-0.15, -0.1) is 0 Å². The zero-order chi connectivity index (χ0) is 10.7. The molecule has 0 aliphatic heterocycles. The molecule has 1 aliphatic carbocycles. The monoisotopic (exact) mass is 207 g/mol. The predicted octanol–water partition coefficient (Wildman–Crippen LogP) is 2.32. The number of hydrogen-bond donors (Lipinski definition) is 2. The molecule has 1 aromatic rings. The summed E-state index contributed by atoms with van der Waals surface area (Å²) in [6.45, 7) is 2.10. The molecule has 2 rings (SSSR count). The molecule has 1 amide bonds. The van der Waals surface area contributed by atoms with Crippen LogP contribution in [0.15, 0.2) is 12.3 Å². The third-order valence-corrected chi connectivity index (χ3v) is 3.47. The molecule has 15 heavy (non-hydrogen) atoms. The summed E-state index contributed by atoms with van der Waals surface area (Å²) in [6.07, 6.45) is 6.94. The number of nitrogens with one attached hydrogen (secondary N) is 2. The highest BCUT2D eigenvalue weighted by Crippen LogP contribution is 2.41. The van der Waals surface area contributed by atoms with Crippen molar-refractivity contribution in [3.8, 4) is 0 Å². The zero-order valence-corrected chi connectivity index (χ0v) is 9.05. The van der Waals surface area contributed by atoms with Gasteiger partial charge in [0.15, 0.2) is 0 Å². The zero-order valence-electron chi connectivity index (χ0n) is 9.05. The summed E-state index contributed by atoms with van der Waals surface area (Å²) in [7, 11) is 0. The highest BCUT2D eigenvalue weighted by atomic mass is 16.2. The van der Waals surface area contributed by atoms with Crippen LogP contribution in [0.4, 0.5) is 5.82 Å². The first-order chi connectivity index (χ1) is 7.27. The molecule has 1 aliphatic rings. The van der Waals surface area contributed by atoms with Crippen LogP contribution in [0.25, 0.3) is 0 Å². The lowest BCUT2D eigenvalue weighted by atomic mass is 9.82. The van der Waals surface area contributed by atoms with Crippen molar-refractivity contribution in [2.45, 2.75) is 39.0 Å². The van der Waals surface area contributed by atoms with Gasteiger partial charge in [-0.3, -0.25) is 9.89 Å². The third-order valence-electron chi connectivity index (χ3n) is 3.47. The van der Waals surface area contributed by atoms with Crippen LogP contribution in [-0.4, -0.2) is 16.1 Å². The first-order valence-corrected chi connectivity index (χ1v) is 5.58. The van der Waals surface area contributed by atoms with Gasteiger partial charge in [-0.2, -0.15) is 5.10 Å². The van der Waals surface area contributed by atoms with Gasteiger partial charge in [-0.05, 0) is 19.3 Å². The number of H-pyrrole nitrogens is 1. The first-order valence-electron chi connectivity index (χ1n) is 5.58. The molecule has 0 unspecified atom stereocenters. The molecule has 0 aromatic carbocycles. The fraction of sp³-hybridized carbons (Fsp3) is 0.636. The average molecular weight is 207 g/mol. The Morgan fingerprint density at radius 1 is 1.60 bits per heavy atom. The van der Waals surface area contributed by atoms with Crippen LogP contribution in [0.5, 0.6) is 0 Å². The summed E-state index contributed by atoms with van der Waals surface area (Å²) in [5.41, 5.74) is -0.134. The minimum absolute atomic E-state index is 0.134. The summed E-state index contributed by atoms with van der Waals surface area (Å²) >= 11 is 0. The fourth-order valence-corrected chi connectivity index (χ4v) is 2.37. The molecule has 0 spiro atoms. The van der Waals surface area contributed by atoms with E-state index in [-0.39, 0.29) is 11.3 Å². The van der Waals surface area contributed by atoms with Crippen molar-refractivity contribution in [2.75, 3.05) is 5.32 Å². The first kappa shape index (κ1) is 10.2. The van der Waals surface area contributed by atoms with Gasteiger partial charge in [0.2, 0.25) is 5.91 Å². The molecule has 1 heterocycles. The maximum absolute atomic E-state index is 12.1. The number of carbonyl (C=O) groups is 1. The van der Waals surface area contributed by atoms with E-state index in [1.807, 2.05) is 0 Å². The van der Waals surface area contributed by atoms with E-state index < -0.39 is 0 Å². The highest BCUT2D eigenvalue weighted by Gasteiger charge is 2.39. The molecule has 0 atom stereocenters. The minimum atomic E-state index is -0.134. The largest absolute Gasteiger partial charge is 0.311 e. The van der Waals surface area contributed by atoms with E-state index in [0.29, 0.717) is 5.82 Å². The second kappa shape index (κ2) is 4.04. The van der Waals surface area contributed by atoms with Crippen LogP contribution >= 0.6 is 0 Å². The Kier molecular flexibility index (Phi) is 2.75. The number of aromatic nitrogens is 2. The Labute approximate surface area is 89.5 Å². The maximum Gasteiger partial charge on any atom is 0.231 e. The number of anilines is 1. The van der Waals surface area contributed by atoms with Gasteiger partial charge in [-0.1, -0.05) is 19.8 Å². The number of amides is 1. The Hall–Kier alpha value is -1.32. The van der Waals surface area contributed by atoms with E-state index >= 15 is 0 Å². The molecule has 82 valence electrons. The van der Waals surface area contributed by atoms with Crippen molar-refractivity contribution in [1.29, 1.82) is 0 Å². The van der Waals surface area contributed by atoms with E-state index in [1.54, 1.807) is 12.3 Å². The number of hydrogen-bond acceptors (Lipinski definition) is 2. The van der Waals surface area contributed by atoms with Gasteiger partial charge in [0, 0.05) is 11.5 Å². The van der Waals surface area contributed by atoms with Crippen LogP contribution in [-0.2, 0) is 4.79 Å². The Morgan fingerprint density at radius 2 is 2.33 bits per heavy atom. The smallest absolute Gasteiger partial charge is 0.231 e. The maximum atomic E-state index is 12.1. The molecule has 1 fully saturated rings. The topological polar surface area (TPSA) is 57.8 Å². The molecule has 4 nitrogen and oxygen atoms in total. The lowest BCUT2D eigenvalue weighted by Gasteiger charge is -2.25. The molecule has 1 aromatic heterocycles. The van der Waals surface area contributed by atoms with E-state index in [1.165, 1.54) is 12.8 Å². The number of rotatable bonds is 3. The van der Waals surface area contributed by atoms with Crippen molar-refractivity contribution in [1.82, 2.24) is 10.2 Å². The Balaban J connectivity index is 2.06. The van der Waals surface area contributed by atoms with Crippen molar-refractivity contribution in [3.63, 3.8) is 0 Å². The normalized spacial score (nSPS) is 19.0. The minimum Gasteiger partial charge on any atom is -0.311 e. The van der Waals surface area contributed by atoms with E-state index in [0.717, 1.165) is 19.3 Å². The quantitative estimate of drug-likeness (QED) is 0.799. The number of carbonyl (C=O) groups excluding carboxylic acids is 1. The van der Waals surface area contributed by atoms with Gasteiger partial charge >= 0.3 is 0 Å². The van der Waals surface area contributed by atoms with Crippen LogP contribution in [0, 0.1) is 5.41 Å². The van der Waals surface area contributed by atoms with E-state index in [9.17, 15) is 4.79 Å². The Bertz CT molecular complexity index is 326. The number of aromatic amines is 1. The van der Waals surface area contributed by atoms with Crippen LogP contribution in [0.2, 0.25) is 0 Å². The van der Waals surface area contributed by atoms with Crippen molar-refractivity contribution in [3.05, 3.63) is 12.3 Å². The second-order valence-corrected chi connectivity index (χ2v) is 4.27. The van der Waals surface area contributed by atoms with Crippen molar-refractivity contribution in [2.24, 2.45) is 5.41 Å². The van der Waals surface area contributed by atoms with E-state index in [2.05, 4.69) is 22.4 Å². The SMILES string of the molecule is CCC1(C(=O)Nc2ccn[nH]2)CCCC1. The van der Waals surface area contributed by atoms with Gasteiger partial charge in [-0.25, -0.2) is 0 Å². The predicted molar refractivity (Wildman–Crippen MR) is 58.4 cm³/mol. The molecular weight excluding hydrogens is 190 g/mol. The van der Waals surface area contributed by atoms with Crippen LogP contribution in [0.1, 0.15) is 39.0 Å². The summed E-state index contributed by atoms with van der Waals surface area (Å²) in [4.78, 5) is 12.1. The average Bonchev–Trinajstić information content (AvgIpc) is 2.87.